The summed E-state index contributed by atoms with van der Waals surface area (Å²) >= 11 is 8.08. The molecule has 0 aliphatic rings. The molecule has 0 heterocycles. The lowest BCUT2D eigenvalue weighted by molar-refractivity contribution is 0.552. The molecular weight excluding hydrogens is 250 g/mol. The van der Waals surface area contributed by atoms with Crippen LogP contribution in [0.3, 0.4) is 0 Å². The van der Waals surface area contributed by atoms with Gasteiger partial charge in [-0.1, -0.05) is 45.4 Å². The normalized spacial score (nSPS) is 11.5. The predicted molar refractivity (Wildman–Crippen MR) is 79.0 cm³/mol. The quantitative estimate of drug-likeness (QED) is 0.760. The van der Waals surface area contributed by atoms with Crippen LogP contribution in [0.5, 0.6) is 0 Å². The van der Waals surface area contributed by atoms with Crippen LogP contribution in [-0.2, 0) is 6.54 Å². The zero-order chi connectivity index (χ0) is 12.8. The molecular formula is C14H22ClNS. The molecule has 0 bridgehead atoms. The molecule has 0 unspecified atom stereocenters. The second-order valence-corrected chi connectivity index (χ2v) is 6.98. The summed E-state index contributed by atoms with van der Waals surface area (Å²) in [6, 6.07) is 6.35. The number of halogens is 1. The zero-order valence-corrected chi connectivity index (χ0v) is 12.7. The van der Waals surface area contributed by atoms with Crippen LogP contribution in [0.25, 0.3) is 0 Å². The maximum Gasteiger partial charge on any atom is 0.0545 e. The number of hydrogen-bond donors (Lipinski definition) is 1. The van der Waals surface area contributed by atoms with Gasteiger partial charge in [-0.15, -0.1) is 11.8 Å². The van der Waals surface area contributed by atoms with E-state index in [9.17, 15) is 0 Å². The van der Waals surface area contributed by atoms with Gasteiger partial charge in [0.2, 0.25) is 0 Å². The van der Waals surface area contributed by atoms with Crippen molar-refractivity contribution in [3.8, 4) is 0 Å². The second kappa shape index (κ2) is 7.30. The SMILES string of the molecule is CC(C)CNCc1ccc(SC(C)C)c(Cl)c1. The lowest BCUT2D eigenvalue weighted by Crippen LogP contribution is -2.18. The number of benzene rings is 1. The molecule has 1 aromatic rings. The third kappa shape index (κ3) is 5.80. The van der Waals surface area contributed by atoms with Crippen LogP contribution < -0.4 is 5.32 Å². The first-order chi connectivity index (χ1) is 7.99. The molecule has 0 saturated carbocycles. The monoisotopic (exact) mass is 271 g/mol. The highest BCUT2D eigenvalue weighted by atomic mass is 35.5. The van der Waals surface area contributed by atoms with Crippen molar-refractivity contribution in [1.82, 2.24) is 5.32 Å². The van der Waals surface area contributed by atoms with Crippen LogP contribution in [0.2, 0.25) is 5.02 Å². The fourth-order valence-electron chi connectivity index (χ4n) is 1.51. The summed E-state index contributed by atoms with van der Waals surface area (Å²) in [5.74, 6) is 0.682. The molecule has 96 valence electrons. The molecule has 0 atom stereocenters. The second-order valence-electron chi connectivity index (χ2n) is 4.96. The van der Waals surface area contributed by atoms with Crippen LogP contribution in [0.15, 0.2) is 23.1 Å². The lowest BCUT2D eigenvalue weighted by atomic mass is 10.2. The molecule has 1 N–H and O–H groups in total. The fraction of sp³-hybridized carbons (Fsp3) is 0.571. The highest BCUT2D eigenvalue weighted by molar-refractivity contribution is 8.00. The predicted octanol–water partition coefficient (Wildman–Crippen LogP) is 4.59. The van der Waals surface area contributed by atoms with Crippen LogP contribution >= 0.6 is 23.4 Å². The zero-order valence-electron chi connectivity index (χ0n) is 11.1. The van der Waals surface area contributed by atoms with Gasteiger partial charge >= 0.3 is 0 Å². The van der Waals surface area contributed by atoms with Crippen LogP contribution in [0.1, 0.15) is 33.3 Å². The Kier molecular flexibility index (Phi) is 6.39. The summed E-state index contributed by atoms with van der Waals surface area (Å²) in [6.45, 7) is 10.7. The van der Waals surface area contributed by atoms with Crippen molar-refractivity contribution in [2.45, 2.75) is 44.4 Å². The summed E-state index contributed by atoms with van der Waals surface area (Å²) in [4.78, 5) is 1.18. The van der Waals surface area contributed by atoms with Gasteiger partial charge < -0.3 is 5.32 Å². The van der Waals surface area contributed by atoms with Crippen molar-refractivity contribution in [2.24, 2.45) is 5.92 Å². The molecule has 3 heteroatoms. The third-order valence-corrected chi connectivity index (χ3v) is 3.75. The summed E-state index contributed by atoms with van der Waals surface area (Å²) in [6.07, 6.45) is 0. The van der Waals surface area contributed by atoms with Crippen molar-refractivity contribution in [1.29, 1.82) is 0 Å². The number of hydrogen-bond acceptors (Lipinski definition) is 2. The molecule has 0 radical (unpaired) electrons. The fourth-order valence-corrected chi connectivity index (χ4v) is 2.67. The maximum absolute atomic E-state index is 6.27. The summed E-state index contributed by atoms with van der Waals surface area (Å²) in [5, 5.41) is 4.86. The van der Waals surface area contributed by atoms with E-state index >= 15 is 0 Å². The van der Waals surface area contributed by atoms with Gasteiger partial charge in [0.05, 0.1) is 5.02 Å². The number of nitrogens with one attached hydrogen (secondary N) is 1. The van der Waals surface area contributed by atoms with Crippen molar-refractivity contribution >= 4 is 23.4 Å². The molecule has 1 nitrogen and oxygen atoms in total. The number of rotatable bonds is 6. The molecule has 0 aliphatic heterocycles. The highest BCUT2D eigenvalue weighted by Gasteiger charge is 2.05. The Labute approximate surface area is 114 Å². The van der Waals surface area contributed by atoms with Gasteiger partial charge in [0.1, 0.15) is 0 Å². The summed E-state index contributed by atoms with van der Waals surface area (Å²) in [7, 11) is 0. The van der Waals surface area contributed by atoms with Crippen LogP contribution in [-0.4, -0.2) is 11.8 Å². The molecule has 0 spiro atoms. The van der Waals surface area contributed by atoms with E-state index in [0.717, 1.165) is 18.1 Å². The first-order valence-electron chi connectivity index (χ1n) is 6.15. The van der Waals surface area contributed by atoms with E-state index in [1.165, 1.54) is 10.5 Å². The topological polar surface area (TPSA) is 12.0 Å². The molecule has 0 amide bonds. The standard InChI is InChI=1S/C14H22ClNS/c1-10(2)8-16-9-12-5-6-14(13(15)7-12)17-11(3)4/h5-7,10-11,16H,8-9H2,1-4H3. The minimum absolute atomic E-state index is 0.567. The average Bonchev–Trinajstić information content (AvgIpc) is 2.21. The van der Waals surface area contributed by atoms with Gasteiger partial charge in [0.25, 0.3) is 0 Å². The van der Waals surface area contributed by atoms with Crippen LogP contribution in [0.4, 0.5) is 0 Å². The smallest absolute Gasteiger partial charge is 0.0545 e. The van der Waals surface area contributed by atoms with Gasteiger partial charge in [-0.25, -0.2) is 0 Å². The summed E-state index contributed by atoms with van der Waals surface area (Å²) < 4.78 is 0. The molecule has 1 aromatic carbocycles. The Balaban J connectivity index is 2.56. The first-order valence-corrected chi connectivity index (χ1v) is 7.40. The highest BCUT2D eigenvalue weighted by Crippen LogP contribution is 2.30. The van der Waals surface area contributed by atoms with Crippen molar-refractivity contribution < 1.29 is 0 Å². The molecule has 0 saturated heterocycles. The van der Waals surface area contributed by atoms with Gasteiger partial charge in [0.15, 0.2) is 0 Å². The molecule has 1 rings (SSSR count). The minimum Gasteiger partial charge on any atom is -0.312 e. The average molecular weight is 272 g/mol. The minimum atomic E-state index is 0.567. The van der Waals surface area contributed by atoms with E-state index in [-0.39, 0.29) is 0 Å². The Morgan fingerprint density at radius 1 is 1.24 bits per heavy atom. The van der Waals surface area contributed by atoms with E-state index in [4.69, 9.17) is 11.6 Å². The van der Waals surface area contributed by atoms with Crippen molar-refractivity contribution in [2.75, 3.05) is 6.54 Å². The van der Waals surface area contributed by atoms with E-state index < -0.39 is 0 Å². The molecule has 17 heavy (non-hydrogen) atoms. The van der Waals surface area contributed by atoms with Gasteiger partial charge in [-0.2, -0.15) is 0 Å². The molecule has 0 aromatic heterocycles. The van der Waals surface area contributed by atoms with Crippen LogP contribution in [0, 0.1) is 5.92 Å². The van der Waals surface area contributed by atoms with Gasteiger partial charge in [0, 0.05) is 16.7 Å². The third-order valence-electron chi connectivity index (χ3n) is 2.24. The van der Waals surface area contributed by atoms with Crippen molar-refractivity contribution in [3.63, 3.8) is 0 Å². The van der Waals surface area contributed by atoms with Crippen molar-refractivity contribution in [3.05, 3.63) is 28.8 Å². The Morgan fingerprint density at radius 2 is 1.94 bits per heavy atom. The Bertz CT molecular complexity index is 350. The molecule has 0 fully saturated rings. The number of thioether (sulfide) groups is 1. The van der Waals surface area contributed by atoms with Gasteiger partial charge in [-0.3, -0.25) is 0 Å². The maximum atomic E-state index is 6.27. The van der Waals surface area contributed by atoms with E-state index in [1.54, 1.807) is 0 Å². The summed E-state index contributed by atoms with van der Waals surface area (Å²) in [5.41, 5.74) is 1.25. The van der Waals surface area contributed by atoms with E-state index in [2.05, 4.69) is 51.2 Å². The molecule has 0 aliphatic carbocycles. The van der Waals surface area contributed by atoms with E-state index in [0.29, 0.717) is 11.2 Å². The first kappa shape index (κ1) is 14.9. The lowest BCUT2D eigenvalue weighted by Gasteiger charge is -2.10. The largest absolute Gasteiger partial charge is 0.312 e. The Hall–Kier alpha value is -0.180. The van der Waals surface area contributed by atoms with E-state index in [1.807, 2.05) is 11.8 Å². The van der Waals surface area contributed by atoms with Gasteiger partial charge in [-0.05, 0) is 30.2 Å². The Morgan fingerprint density at radius 3 is 2.47 bits per heavy atom.